The predicted octanol–water partition coefficient (Wildman–Crippen LogP) is 4.95. The molecular weight excluding hydrogens is 413 g/mol. The van der Waals surface area contributed by atoms with Crippen molar-refractivity contribution in [3.63, 3.8) is 0 Å². The Morgan fingerprint density at radius 1 is 1.10 bits per heavy atom. The van der Waals surface area contributed by atoms with E-state index in [1.807, 2.05) is 25.1 Å². The highest BCUT2D eigenvalue weighted by molar-refractivity contribution is 6.33. The summed E-state index contributed by atoms with van der Waals surface area (Å²) in [6.07, 6.45) is 2.44. The average Bonchev–Trinajstić information content (AvgIpc) is 2.74. The second-order valence-electron chi connectivity index (χ2n) is 6.25. The number of rotatable bonds is 8. The molecule has 2 aromatic carbocycles. The van der Waals surface area contributed by atoms with Crippen LogP contribution in [0.15, 0.2) is 53.5 Å². The quantitative estimate of drug-likeness (QED) is 0.544. The van der Waals surface area contributed by atoms with Crippen LogP contribution in [0.25, 0.3) is 5.69 Å². The molecule has 0 spiro atoms. The standard InChI is InChI=1S/C21H21Cl2N3O3/c1-3-10-29-18-9-4-14(11-19(18)28-2)12-24-17-13-25-26(21(27)20(17)23)16-7-5-15(22)6-8-16/h4-9,11,13,24H,3,10,12H2,1-2H3. The van der Waals surface area contributed by atoms with Gasteiger partial charge >= 0.3 is 0 Å². The van der Waals surface area contributed by atoms with Crippen molar-refractivity contribution >= 4 is 28.9 Å². The van der Waals surface area contributed by atoms with E-state index in [1.165, 1.54) is 10.9 Å². The van der Waals surface area contributed by atoms with E-state index in [9.17, 15) is 4.79 Å². The molecule has 1 aromatic heterocycles. The lowest BCUT2D eigenvalue weighted by Crippen LogP contribution is -2.22. The molecule has 0 fully saturated rings. The van der Waals surface area contributed by atoms with Crippen LogP contribution in [0.5, 0.6) is 11.5 Å². The van der Waals surface area contributed by atoms with E-state index in [0.29, 0.717) is 41.0 Å². The van der Waals surface area contributed by atoms with E-state index in [2.05, 4.69) is 10.4 Å². The lowest BCUT2D eigenvalue weighted by Gasteiger charge is -2.13. The first-order chi connectivity index (χ1) is 14.0. The first-order valence-corrected chi connectivity index (χ1v) is 9.86. The molecule has 0 aliphatic rings. The van der Waals surface area contributed by atoms with E-state index in [-0.39, 0.29) is 5.02 Å². The van der Waals surface area contributed by atoms with Crippen LogP contribution in [-0.4, -0.2) is 23.5 Å². The van der Waals surface area contributed by atoms with Crippen molar-refractivity contribution in [1.82, 2.24) is 9.78 Å². The molecule has 0 aliphatic heterocycles. The number of nitrogens with one attached hydrogen (secondary N) is 1. The Morgan fingerprint density at radius 2 is 1.86 bits per heavy atom. The van der Waals surface area contributed by atoms with Gasteiger partial charge in [0.05, 0.1) is 31.3 Å². The van der Waals surface area contributed by atoms with Crippen LogP contribution in [0.1, 0.15) is 18.9 Å². The second kappa shape index (κ2) is 9.67. The van der Waals surface area contributed by atoms with Gasteiger partial charge in [-0.05, 0) is 48.4 Å². The maximum atomic E-state index is 12.6. The van der Waals surface area contributed by atoms with E-state index in [4.69, 9.17) is 32.7 Å². The van der Waals surface area contributed by atoms with Gasteiger partial charge in [-0.25, -0.2) is 0 Å². The molecule has 1 N–H and O–H groups in total. The summed E-state index contributed by atoms with van der Waals surface area (Å²) >= 11 is 12.2. The minimum Gasteiger partial charge on any atom is -0.493 e. The zero-order valence-electron chi connectivity index (χ0n) is 16.1. The number of anilines is 1. The zero-order valence-corrected chi connectivity index (χ0v) is 17.6. The molecule has 0 atom stereocenters. The number of methoxy groups -OCH3 is 1. The van der Waals surface area contributed by atoms with Gasteiger partial charge in [-0.15, -0.1) is 0 Å². The Hall–Kier alpha value is -2.70. The number of nitrogens with zero attached hydrogens (tertiary/aromatic N) is 2. The van der Waals surface area contributed by atoms with Crippen molar-refractivity contribution in [3.05, 3.63) is 74.6 Å². The number of benzene rings is 2. The molecule has 0 aliphatic carbocycles. The van der Waals surface area contributed by atoms with Crippen molar-refractivity contribution in [1.29, 1.82) is 0 Å². The molecule has 0 radical (unpaired) electrons. The smallest absolute Gasteiger partial charge is 0.292 e. The van der Waals surface area contributed by atoms with E-state index in [1.54, 1.807) is 31.4 Å². The fourth-order valence-electron chi connectivity index (χ4n) is 2.67. The summed E-state index contributed by atoms with van der Waals surface area (Å²) in [5.74, 6) is 1.35. The first-order valence-electron chi connectivity index (χ1n) is 9.10. The molecule has 152 valence electrons. The van der Waals surface area contributed by atoms with Crippen molar-refractivity contribution in [2.24, 2.45) is 0 Å². The molecule has 0 amide bonds. The number of aromatic nitrogens is 2. The third-order valence-corrected chi connectivity index (χ3v) is 4.78. The van der Waals surface area contributed by atoms with Crippen LogP contribution in [0.4, 0.5) is 5.69 Å². The fraction of sp³-hybridized carbons (Fsp3) is 0.238. The molecule has 6 nitrogen and oxygen atoms in total. The van der Waals surface area contributed by atoms with E-state index < -0.39 is 5.56 Å². The summed E-state index contributed by atoms with van der Waals surface area (Å²) in [7, 11) is 1.60. The van der Waals surface area contributed by atoms with Gasteiger partial charge in [0, 0.05) is 11.6 Å². The van der Waals surface area contributed by atoms with Crippen LogP contribution in [0, 0.1) is 0 Å². The minimum atomic E-state index is -0.417. The van der Waals surface area contributed by atoms with Gasteiger partial charge in [0.1, 0.15) is 5.02 Å². The fourth-order valence-corrected chi connectivity index (χ4v) is 2.99. The third kappa shape index (κ3) is 5.02. The molecule has 0 unspecified atom stereocenters. The Kier molecular flexibility index (Phi) is 7.01. The van der Waals surface area contributed by atoms with Crippen molar-refractivity contribution < 1.29 is 9.47 Å². The Bertz CT molecular complexity index is 1040. The van der Waals surface area contributed by atoms with Gasteiger partial charge < -0.3 is 14.8 Å². The number of hydrogen-bond acceptors (Lipinski definition) is 5. The molecule has 0 saturated carbocycles. The zero-order chi connectivity index (χ0) is 20.8. The lowest BCUT2D eigenvalue weighted by atomic mass is 10.2. The third-order valence-electron chi connectivity index (χ3n) is 4.16. The van der Waals surface area contributed by atoms with Gasteiger partial charge in [0.15, 0.2) is 11.5 Å². The van der Waals surface area contributed by atoms with Gasteiger partial charge in [-0.1, -0.05) is 36.2 Å². The van der Waals surface area contributed by atoms with Crippen LogP contribution in [0.2, 0.25) is 10.0 Å². The number of hydrogen-bond donors (Lipinski definition) is 1. The summed E-state index contributed by atoms with van der Waals surface area (Å²) in [5, 5.41) is 7.99. The maximum absolute atomic E-state index is 12.6. The molecule has 3 rings (SSSR count). The lowest BCUT2D eigenvalue weighted by molar-refractivity contribution is 0.294. The Balaban J connectivity index is 1.76. The number of halogens is 2. The second-order valence-corrected chi connectivity index (χ2v) is 7.07. The highest BCUT2D eigenvalue weighted by Crippen LogP contribution is 2.29. The SMILES string of the molecule is CCCOc1ccc(CNc2cnn(-c3ccc(Cl)cc3)c(=O)c2Cl)cc1OC. The topological polar surface area (TPSA) is 65.4 Å². The van der Waals surface area contributed by atoms with Gasteiger partial charge in [0.2, 0.25) is 0 Å². The van der Waals surface area contributed by atoms with Crippen molar-refractivity contribution in [2.75, 3.05) is 19.0 Å². The monoisotopic (exact) mass is 433 g/mol. The average molecular weight is 434 g/mol. The van der Waals surface area contributed by atoms with E-state index in [0.717, 1.165) is 12.0 Å². The minimum absolute atomic E-state index is 0.0600. The van der Waals surface area contributed by atoms with E-state index >= 15 is 0 Å². The Labute approximate surface area is 179 Å². The molecule has 29 heavy (non-hydrogen) atoms. The van der Waals surface area contributed by atoms with Gasteiger partial charge in [0.25, 0.3) is 5.56 Å². The molecular formula is C21H21Cl2N3O3. The van der Waals surface area contributed by atoms with Gasteiger partial charge in [-0.2, -0.15) is 9.78 Å². The van der Waals surface area contributed by atoms with Crippen LogP contribution in [0.3, 0.4) is 0 Å². The van der Waals surface area contributed by atoms with Crippen LogP contribution in [-0.2, 0) is 6.54 Å². The summed E-state index contributed by atoms with van der Waals surface area (Å²) in [6.45, 7) is 3.11. The van der Waals surface area contributed by atoms with Crippen LogP contribution < -0.4 is 20.3 Å². The first kappa shape index (κ1) is 21.0. The molecule has 0 saturated heterocycles. The normalized spacial score (nSPS) is 10.6. The van der Waals surface area contributed by atoms with Gasteiger partial charge in [-0.3, -0.25) is 4.79 Å². The number of ether oxygens (including phenoxy) is 2. The summed E-state index contributed by atoms with van der Waals surface area (Å²) in [4.78, 5) is 12.6. The summed E-state index contributed by atoms with van der Waals surface area (Å²) in [6, 6.07) is 12.5. The molecule has 8 heteroatoms. The van der Waals surface area contributed by atoms with Crippen molar-refractivity contribution in [2.45, 2.75) is 19.9 Å². The van der Waals surface area contributed by atoms with Crippen molar-refractivity contribution in [3.8, 4) is 17.2 Å². The highest BCUT2D eigenvalue weighted by Gasteiger charge is 2.11. The maximum Gasteiger partial charge on any atom is 0.292 e. The Morgan fingerprint density at radius 3 is 2.55 bits per heavy atom. The molecule has 1 heterocycles. The predicted molar refractivity (Wildman–Crippen MR) is 116 cm³/mol. The summed E-state index contributed by atoms with van der Waals surface area (Å²) in [5.41, 5.74) is 1.57. The van der Waals surface area contributed by atoms with Crippen LogP contribution >= 0.6 is 23.2 Å². The summed E-state index contributed by atoms with van der Waals surface area (Å²) < 4.78 is 12.3. The largest absolute Gasteiger partial charge is 0.493 e. The highest BCUT2D eigenvalue weighted by atomic mass is 35.5. The molecule has 0 bridgehead atoms. The molecule has 3 aromatic rings.